The third-order valence-electron chi connectivity index (χ3n) is 2.33. The summed E-state index contributed by atoms with van der Waals surface area (Å²) in [6.45, 7) is 1.05. The van der Waals surface area contributed by atoms with Crippen LogP contribution in [0.25, 0.3) is 0 Å². The molecule has 0 radical (unpaired) electrons. The number of rotatable bonds is 4. The van der Waals surface area contributed by atoms with E-state index in [9.17, 15) is 18.0 Å². The predicted molar refractivity (Wildman–Crippen MR) is 63.8 cm³/mol. The lowest BCUT2D eigenvalue weighted by atomic mass is 10.4. The van der Waals surface area contributed by atoms with Crippen LogP contribution in [0.4, 0.5) is 0 Å². The molecule has 0 saturated carbocycles. The molecule has 0 bridgehead atoms. The van der Waals surface area contributed by atoms with Gasteiger partial charge in [-0.25, -0.2) is 17.9 Å². The highest BCUT2D eigenvalue weighted by Gasteiger charge is 2.22. The Morgan fingerprint density at radius 1 is 1.39 bits per heavy atom. The maximum atomic E-state index is 11.9. The van der Waals surface area contributed by atoms with Crippen molar-refractivity contribution in [3.05, 3.63) is 27.0 Å². The molecular formula is C9H15N3O5S. The largest absolute Gasteiger partial charge is 0.395 e. The van der Waals surface area contributed by atoms with Crippen LogP contribution in [0, 0.1) is 0 Å². The lowest BCUT2D eigenvalue weighted by Gasteiger charge is -2.12. The third-order valence-corrected chi connectivity index (χ3v) is 3.91. The van der Waals surface area contributed by atoms with Crippen LogP contribution in [-0.2, 0) is 24.1 Å². The Labute approximate surface area is 104 Å². The third kappa shape index (κ3) is 2.68. The minimum atomic E-state index is -4.07. The number of nitrogens with one attached hydrogen (secondary N) is 1. The van der Waals surface area contributed by atoms with Crippen molar-refractivity contribution in [2.75, 3.05) is 6.61 Å². The van der Waals surface area contributed by atoms with Crippen LogP contribution >= 0.6 is 0 Å². The molecule has 0 aromatic carbocycles. The first kappa shape index (κ1) is 14.6. The van der Waals surface area contributed by atoms with E-state index in [-0.39, 0.29) is 0 Å². The van der Waals surface area contributed by atoms with Gasteiger partial charge in [-0.15, -0.1) is 0 Å². The number of aryl methyl sites for hydroxylation is 1. The molecule has 0 spiro atoms. The van der Waals surface area contributed by atoms with Gasteiger partial charge in [0.2, 0.25) is 10.0 Å². The molecule has 1 aromatic heterocycles. The predicted octanol–water partition coefficient (Wildman–Crippen LogP) is -2.26. The number of nitrogens with zero attached hydrogens (tertiary/aromatic N) is 2. The van der Waals surface area contributed by atoms with Gasteiger partial charge in [0.25, 0.3) is 5.56 Å². The first-order valence-electron chi connectivity index (χ1n) is 5.10. The monoisotopic (exact) mass is 277 g/mol. The second-order valence-electron chi connectivity index (χ2n) is 3.96. The highest BCUT2D eigenvalue weighted by molar-refractivity contribution is 7.89. The van der Waals surface area contributed by atoms with E-state index in [4.69, 9.17) is 5.11 Å². The van der Waals surface area contributed by atoms with E-state index in [1.165, 1.54) is 21.0 Å². The van der Waals surface area contributed by atoms with Crippen molar-refractivity contribution in [3.63, 3.8) is 0 Å². The van der Waals surface area contributed by atoms with Crippen molar-refractivity contribution in [3.8, 4) is 0 Å². The molecule has 1 rings (SSSR count). The first-order valence-corrected chi connectivity index (χ1v) is 6.59. The summed E-state index contributed by atoms with van der Waals surface area (Å²) in [6, 6.07) is -0.725. The molecule has 0 fully saturated rings. The molecule has 0 aliphatic heterocycles. The average Bonchev–Trinajstić information content (AvgIpc) is 2.30. The van der Waals surface area contributed by atoms with Crippen molar-refractivity contribution in [1.29, 1.82) is 0 Å². The molecule has 9 heteroatoms. The van der Waals surface area contributed by atoms with Crippen molar-refractivity contribution < 1.29 is 13.5 Å². The summed E-state index contributed by atoms with van der Waals surface area (Å²) in [6.07, 6.45) is 0.955. The first-order chi connectivity index (χ1) is 8.20. The van der Waals surface area contributed by atoms with Crippen LogP contribution in [0.2, 0.25) is 0 Å². The summed E-state index contributed by atoms with van der Waals surface area (Å²) >= 11 is 0. The van der Waals surface area contributed by atoms with Gasteiger partial charge in [0.05, 0.1) is 6.61 Å². The van der Waals surface area contributed by atoms with Crippen molar-refractivity contribution >= 4 is 10.0 Å². The quantitative estimate of drug-likeness (QED) is 0.645. The maximum Gasteiger partial charge on any atom is 0.330 e. The molecule has 0 amide bonds. The molecule has 2 N–H and O–H groups in total. The van der Waals surface area contributed by atoms with Crippen LogP contribution in [0.15, 0.2) is 20.7 Å². The van der Waals surface area contributed by atoms with Gasteiger partial charge in [-0.2, -0.15) is 0 Å². The Kier molecular flexibility index (Phi) is 4.09. The average molecular weight is 277 g/mol. The fraction of sp³-hybridized carbons (Fsp3) is 0.556. The number of aliphatic hydroxyl groups is 1. The van der Waals surface area contributed by atoms with E-state index >= 15 is 0 Å². The van der Waals surface area contributed by atoms with Gasteiger partial charge in [0, 0.05) is 26.3 Å². The maximum absolute atomic E-state index is 11.9. The SMILES string of the molecule is C[C@H](CO)NS(=O)(=O)c1cn(C)c(=O)n(C)c1=O. The lowest BCUT2D eigenvalue weighted by Crippen LogP contribution is -2.43. The second kappa shape index (κ2) is 5.04. The topological polar surface area (TPSA) is 110 Å². The zero-order valence-electron chi connectivity index (χ0n) is 10.2. The van der Waals surface area contributed by atoms with Crippen molar-refractivity contribution in [2.45, 2.75) is 17.9 Å². The molecule has 1 aromatic rings. The van der Waals surface area contributed by atoms with Gasteiger partial charge >= 0.3 is 5.69 Å². The Bertz CT molecular complexity index is 658. The van der Waals surface area contributed by atoms with Crippen LogP contribution < -0.4 is 16.0 Å². The Hall–Kier alpha value is -1.45. The zero-order chi connectivity index (χ0) is 14.1. The number of aromatic nitrogens is 2. The molecule has 0 saturated heterocycles. The van der Waals surface area contributed by atoms with Crippen LogP contribution in [0.1, 0.15) is 6.92 Å². The van der Waals surface area contributed by atoms with Gasteiger partial charge in [-0.1, -0.05) is 0 Å². The molecule has 18 heavy (non-hydrogen) atoms. The molecular weight excluding hydrogens is 262 g/mol. The summed E-state index contributed by atoms with van der Waals surface area (Å²) in [5.74, 6) is 0. The summed E-state index contributed by atoms with van der Waals surface area (Å²) in [4.78, 5) is 22.6. The summed E-state index contributed by atoms with van der Waals surface area (Å²) in [7, 11) is -1.53. The van der Waals surface area contributed by atoms with Crippen LogP contribution in [0.3, 0.4) is 0 Å². The van der Waals surface area contributed by atoms with Crippen molar-refractivity contribution in [2.24, 2.45) is 14.1 Å². The number of sulfonamides is 1. The van der Waals surface area contributed by atoms with E-state index in [0.717, 1.165) is 10.8 Å². The second-order valence-corrected chi connectivity index (χ2v) is 5.64. The molecule has 0 unspecified atom stereocenters. The fourth-order valence-corrected chi connectivity index (χ4v) is 2.72. The van der Waals surface area contributed by atoms with E-state index in [2.05, 4.69) is 4.72 Å². The molecule has 8 nitrogen and oxygen atoms in total. The van der Waals surface area contributed by atoms with E-state index in [1.807, 2.05) is 0 Å². The Balaban J connectivity index is 3.44. The summed E-state index contributed by atoms with van der Waals surface area (Å²) in [5.41, 5.74) is -1.52. The molecule has 102 valence electrons. The summed E-state index contributed by atoms with van der Waals surface area (Å²) in [5, 5.41) is 8.80. The zero-order valence-corrected chi connectivity index (χ0v) is 11.1. The van der Waals surface area contributed by atoms with Crippen LogP contribution in [-0.4, -0.2) is 35.3 Å². The molecule has 1 heterocycles. The minimum Gasteiger partial charge on any atom is -0.395 e. The van der Waals surface area contributed by atoms with E-state index in [1.54, 1.807) is 0 Å². The van der Waals surface area contributed by atoms with Crippen LogP contribution in [0.5, 0.6) is 0 Å². The van der Waals surface area contributed by atoms with Gasteiger partial charge in [0.15, 0.2) is 4.90 Å². The lowest BCUT2D eigenvalue weighted by molar-refractivity contribution is 0.265. The van der Waals surface area contributed by atoms with Gasteiger partial charge in [-0.3, -0.25) is 9.36 Å². The smallest absolute Gasteiger partial charge is 0.330 e. The Morgan fingerprint density at radius 3 is 2.44 bits per heavy atom. The standard InChI is InChI=1S/C9H15N3O5S/c1-6(5-13)10-18(16,17)7-4-11(2)9(15)12(3)8(7)14/h4,6,10,13H,5H2,1-3H3/t6-/m1/s1. The van der Waals surface area contributed by atoms with E-state index < -0.39 is 38.8 Å². The highest BCUT2D eigenvalue weighted by Crippen LogP contribution is 2.01. The van der Waals surface area contributed by atoms with Gasteiger partial charge in [-0.05, 0) is 6.92 Å². The fourth-order valence-electron chi connectivity index (χ4n) is 1.33. The number of hydrogen-bond donors (Lipinski definition) is 2. The number of hydrogen-bond acceptors (Lipinski definition) is 5. The number of aliphatic hydroxyl groups excluding tert-OH is 1. The van der Waals surface area contributed by atoms with Gasteiger partial charge in [0.1, 0.15) is 0 Å². The van der Waals surface area contributed by atoms with Crippen molar-refractivity contribution in [1.82, 2.24) is 13.9 Å². The molecule has 0 aliphatic rings. The highest BCUT2D eigenvalue weighted by atomic mass is 32.2. The summed E-state index contributed by atoms with van der Waals surface area (Å²) < 4.78 is 27.6. The molecule has 1 atom stereocenters. The normalized spacial score (nSPS) is 13.6. The van der Waals surface area contributed by atoms with E-state index in [0.29, 0.717) is 4.57 Å². The molecule has 0 aliphatic carbocycles. The van der Waals surface area contributed by atoms with Gasteiger partial charge < -0.3 is 9.67 Å². The Morgan fingerprint density at radius 2 is 1.94 bits per heavy atom. The minimum absolute atomic E-state index is 0.398.